The minimum atomic E-state index is 0.187. The number of carbonyl (C=O) groups excluding carboxylic acids is 1. The molecule has 0 radical (unpaired) electrons. The van der Waals surface area contributed by atoms with Crippen molar-refractivity contribution in [3.05, 3.63) is 30.5 Å². The van der Waals surface area contributed by atoms with Gasteiger partial charge in [-0.1, -0.05) is 18.2 Å². The van der Waals surface area contributed by atoms with Crippen LogP contribution in [0.5, 0.6) is 0 Å². The van der Waals surface area contributed by atoms with Gasteiger partial charge in [-0.2, -0.15) is 16.9 Å². The van der Waals surface area contributed by atoms with E-state index in [0.717, 1.165) is 49.5 Å². The number of nitrogens with zero attached hydrogens (tertiary/aromatic N) is 4. The van der Waals surface area contributed by atoms with Gasteiger partial charge in [0.25, 0.3) is 0 Å². The zero-order valence-electron chi connectivity index (χ0n) is 13.9. The quantitative estimate of drug-likeness (QED) is 0.855. The summed E-state index contributed by atoms with van der Waals surface area (Å²) in [4.78, 5) is 17.4. The van der Waals surface area contributed by atoms with Gasteiger partial charge in [0.05, 0.1) is 11.7 Å². The number of fused-ring (bicyclic) bond motifs is 1. The molecule has 1 amide bonds. The number of para-hydroxylation sites is 1. The summed E-state index contributed by atoms with van der Waals surface area (Å²) >= 11 is 2.06. The molecule has 4 rings (SSSR count). The summed E-state index contributed by atoms with van der Waals surface area (Å²) in [7, 11) is 0. The zero-order chi connectivity index (χ0) is 16.4. The van der Waals surface area contributed by atoms with Crippen LogP contribution in [0.1, 0.15) is 12.8 Å². The molecule has 0 bridgehead atoms. The lowest BCUT2D eigenvalue weighted by molar-refractivity contribution is -0.131. The van der Waals surface area contributed by atoms with Gasteiger partial charge in [0.2, 0.25) is 5.91 Å². The maximum absolute atomic E-state index is 12.7. The highest BCUT2D eigenvalue weighted by atomic mass is 32.2. The van der Waals surface area contributed by atoms with Crippen LogP contribution in [0, 0.1) is 0 Å². The monoisotopic (exact) mass is 344 g/mol. The van der Waals surface area contributed by atoms with Crippen molar-refractivity contribution in [3.63, 3.8) is 0 Å². The van der Waals surface area contributed by atoms with E-state index in [9.17, 15) is 4.79 Å². The Morgan fingerprint density at radius 2 is 2.12 bits per heavy atom. The summed E-state index contributed by atoms with van der Waals surface area (Å²) in [6.07, 6.45) is 4.22. The van der Waals surface area contributed by atoms with Gasteiger partial charge in [-0.15, -0.1) is 0 Å². The SMILES string of the molecule is O=C(Cn1ncc2ccccc21)N1CCCN(C2CCSC2)CC1. The van der Waals surface area contributed by atoms with Gasteiger partial charge < -0.3 is 4.90 Å². The lowest BCUT2D eigenvalue weighted by Gasteiger charge is -2.26. The number of aromatic nitrogens is 2. The minimum absolute atomic E-state index is 0.187. The molecule has 5 nitrogen and oxygen atoms in total. The average Bonchev–Trinajstić information content (AvgIpc) is 3.20. The number of amides is 1. The minimum Gasteiger partial charge on any atom is -0.340 e. The molecule has 3 heterocycles. The molecule has 1 atom stereocenters. The second-order valence-electron chi connectivity index (χ2n) is 6.65. The first kappa shape index (κ1) is 16.0. The third-order valence-corrected chi connectivity index (χ3v) is 6.29. The van der Waals surface area contributed by atoms with Crippen molar-refractivity contribution in [1.82, 2.24) is 19.6 Å². The molecule has 1 unspecified atom stereocenters. The topological polar surface area (TPSA) is 41.4 Å². The van der Waals surface area contributed by atoms with E-state index >= 15 is 0 Å². The van der Waals surface area contributed by atoms with Gasteiger partial charge >= 0.3 is 0 Å². The van der Waals surface area contributed by atoms with Gasteiger partial charge in [-0.25, -0.2) is 0 Å². The van der Waals surface area contributed by atoms with Gasteiger partial charge in [0.15, 0.2) is 0 Å². The van der Waals surface area contributed by atoms with Crippen molar-refractivity contribution >= 4 is 28.6 Å². The first-order valence-corrected chi connectivity index (χ1v) is 9.97. The summed E-state index contributed by atoms with van der Waals surface area (Å²) in [6.45, 7) is 4.19. The lowest BCUT2D eigenvalue weighted by Crippen LogP contribution is -2.40. The van der Waals surface area contributed by atoms with E-state index < -0.39 is 0 Å². The van der Waals surface area contributed by atoms with Crippen LogP contribution in [0.15, 0.2) is 30.5 Å². The van der Waals surface area contributed by atoms with Crippen molar-refractivity contribution < 1.29 is 4.79 Å². The standard InChI is InChI=1S/C18H24N4OS/c23-18(13-22-17-5-2-1-4-15(17)12-19-22)21-8-3-7-20(9-10-21)16-6-11-24-14-16/h1-2,4-5,12,16H,3,6-11,13-14H2. The smallest absolute Gasteiger partial charge is 0.244 e. The van der Waals surface area contributed by atoms with E-state index in [4.69, 9.17) is 0 Å². The predicted molar refractivity (Wildman–Crippen MR) is 98.2 cm³/mol. The van der Waals surface area contributed by atoms with Crippen LogP contribution in [0.25, 0.3) is 10.9 Å². The Kier molecular flexibility index (Phi) is 4.76. The van der Waals surface area contributed by atoms with Crippen LogP contribution >= 0.6 is 11.8 Å². The van der Waals surface area contributed by atoms with E-state index in [1.54, 1.807) is 0 Å². The van der Waals surface area contributed by atoms with Crippen molar-refractivity contribution in [2.75, 3.05) is 37.7 Å². The summed E-state index contributed by atoms with van der Waals surface area (Å²) in [6, 6.07) is 8.78. The molecule has 0 N–H and O–H groups in total. The first-order valence-electron chi connectivity index (χ1n) is 8.81. The third-order valence-electron chi connectivity index (χ3n) is 5.14. The molecule has 128 valence electrons. The number of hydrogen-bond acceptors (Lipinski definition) is 4. The fourth-order valence-corrected chi connectivity index (χ4v) is 5.00. The number of rotatable bonds is 3. The molecule has 6 heteroatoms. The molecule has 2 fully saturated rings. The molecule has 2 aromatic rings. The number of carbonyl (C=O) groups is 1. The van der Waals surface area contributed by atoms with Gasteiger partial charge in [-0.3, -0.25) is 14.4 Å². The predicted octanol–water partition coefficient (Wildman–Crippen LogP) is 2.08. The van der Waals surface area contributed by atoms with Crippen LogP contribution in [-0.2, 0) is 11.3 Å². The molecule has 2 aliphatic rings. The zero-order valence-corrected chi connectivity index (χ0v) is 14.7. The molecule has 1 aromatic heterocycles. The molecule has 0 spiro atoms. The van der Waals surface area contributed by atoms with Crippen molar-refractivity contribution in [1.29, 1.82) is 0 Å². The largest absolute Gasteiger partial charge is 0.340 e. The number of benzene rings is 1. The van der Waals surface area contributed by atoms with E-state index in [1.165, 1.54) is 17.9 Å². The van der Waals surface area contributed by atoms with Crippen LogP contribution in [-0.4, -0.2) is 69.2 Å². The molecule has 2 aliphatic heterocycles. The summed E-state index contributed by atoms with van der Waals surface area (Å²) < 4.78 is 1.83. The van der Waals surface area contributed by atoms with Crippen LogP contribution in [0.2, 0.25) is 0 Å². The second-order valence-corrected chi connectivity index (χ2v) is 7.80. The molecule has 1 aromatic carbocycles. The second kappa shape index (κ2) is 7.15. The Balaban J connectivity index is 1.39. The summed E-state index contributed by atoms with van der Waals surface area (Å²) in [5.41, 5.74) is 1.03. The molecular formula is C18H24N4OS. The lowest BCUT2D eigenvalue weighted by atomic mass is 10.2. The van der Waals surface area contributed by atoms with Gasteiger partial charge in [0.1, 0.15) is 6.54 Å². The maximum Gasteiger partial charge on any atom is 0.244 e. The fraction of sp³-hybridized carbons (Fsp3) is 0.556. The highest BCUT2D eigenvalue weighted by Crippen LogP contribution is 2.23. The van der Waals surface area contributed by atoms with Gasteiger partial charge in [-0.05, 0) is 24.7 Å². The Morgan fingerprint density at radius 1 is 1.21 bits per heavy atom. The van der Waals surface area contributed by atoms with Gasteiger partial charge in [0, 0.05) is 43.4 Å². The molecule has 2 saturated heterocycles. The highest BCUT2D eigenvalue weighted by molar-refractivity contribution is 7.99. The average molecular weight is 344 g/mol. The van der Waals surface area contributed by atoms with Crippen molar-refractivity contribution in [2.24, 2.45) is 0 Å². The molecule has 0 saturated carbocycles. The normalized spacial score (nSPS) is 22.8. The van der Waals surface area contributed by atoms with E-state index in [-0.39, 0.29) is 5.91 Å². The molecule has 24 heavy (non-hydrogen) atoms. The van der Waals surface area contributed by atoms with Crippen molar-refractivity contribution in [2.45, 2.75) is 25.4 Å². The number of thioether (sulfide) groups is 1. The maximum atomic E-state index is 12.7. The molecule has 0 aliphatic carbocycles. The van der Waals surface area contributed by atoms with Crippen LogP contribution < -0.4 is 0 Å². The Hall–Kier alpha value is -1.53. The fourth-order valence-electron chi connectivity index (χ4n) is 3.74. The van der Waals surface area contributed by atoms with Crippen LogP contribution in [0.3, 0.4) is 0 Å². The van der Waals surface area contributed by atoms with E-state index in [1.807, 2.05) is 40.0 Å². The Bertz CT molecular complexity index is 710. The number of hydrogen-bond donors (Lipinski definition) is 0. The van der Waals surface area contributed by atoms with E-state index in [2.05, 4.69) is 21.8 Å². The van der Waals surface area contributed by atoms with Crippen LogP contribution in [0.4, 0.5) is 0 Å². The Morgan fingerprint density at radius 3 is 3.00 bits per heavy atom. The third kappa shape index (κ3) is 3.30. The summed E-state index contributed by atoms with van der Waals surface area (Å²) in [5.74, 6) is 2.73. The molecular weight excluding hydrogens is 320 g/mol. The highest BCUT2D eigenvalue weighted by Gasteiger charge is 2.26. The summed E-state index contributed by atoms with van der Waals surface area (Å²) in [5, 5.41) is 5.48. The Labute approximate surface area is 147 Å². The first-order chi connectivity index (χ1) is 11.8. The van der Waals surface area contributed by atoms with Crippen molar-refractivity contribution in [3.8, 4) is 0 Å². The van der Waals surface area contributed by atoms with E-state index in [0.29, 0.717) is 6.54 Å².